The molecule has 0 radical (unpaired) electrons. The predicted octanol–water partition coefficient (Wildman–Crippen LogP) is 0.319. The molecule has 136 valence electrons. The van der Waals surface area contributed by atoms with Gasteiger partial charge in [0.15, 0.2) is 0 Å². The second-order valence-electron chi connectivity index (χ2n) is 6.40. The average Bonchev–Trinajstić information content (AvgIpc) is 3.01. The number of hydrogen-bond donors (Lipinski definition) is 2. The maximum Gasteiger partial charge on any atom is 0.306 e. The second kappa shape index (κ2) is 9.06. The zero-order valence-corrected chi connectivity index (χ0v) is 14.2. The summed E-state index contributed by atoms with van der Waals surface area (Å²) in [6.45, 7) is 2.84. The standard InChI is InChI=1S/C17H24N4O4/c18-11-14(12-20-9-4-13(5-10-20)17(24)25)16(23)19-6-2-8-21-7-1-3-15(21)22/h12-13H,1-10H2,(H,19,23)(H,24,25)/b14-12-. The largest absolute Gasteiger partial charge is 0.481 e. The molecule has 0 spiro atoms. The fraction of sp³-hybridized carbons (Fsp3) is 0.647. The van der Waals surface area contributed by atoms with Crippen molar-refractivity contribution in [1.82, 2.24) is 15.1 Å². The summed E-state index contributed by atoms with van der Waals surface area (Å²) < 4.78 is 0. The van der Waals surface area contributed by atoms with E-state index in [1.807, 2.05) is 11.0 Å². The van der Waals surface area contributed by atoms with Gasteiger partial charge in [-0.2, -0.15) is 5.26 Å². The number of carboxylic acid groups (broad SMARTS) is 1. The molecule has 8 heteroatoms. The van der Waals surface area contributed by atoms with Gasteiger partial charge in [0.25, 0.3) is 5.91 Å². The van der Waals surface area contributed by atoms with E-state index in [2.05, 4.69) is 5.32 Å². The first-order chi connectivity index (χ1) is 12.0. The van der Waals surface area contributed by atoms with Gasteiger partial charge >= 0.3 is 5.97 Å². The van der Waals surface area contributed by atoms with Gasteiger partial charge in [-0.1, -0.05) is 0 Å². The van der Waals surface area contributed by atoms with Gasteiger partial charge in [0.2, 0.25) is 5.91 Å². The zero-order chi connectivity index (χ0) is 18.2. The summed E-state index contributed by atoms with van der Waals surface area (Å²) in [6.07, 6.45) is 4.68. The van der Waals surface area contributed by atoms with Gasteiger partial charge in [-0.25, -0.2) is 0 Å². The van der Waals surface area contributed by atoms with E-state index >= 15 is 0 Å². The van der Waals surface area contributed by atoms with Crippen molar-refractivity contribution in [3.05, 3.63) is 11.8 Å². The number of carbonyl (C=O) groups excluding carboxylic acids is 2. The minimum atomic E-state index is -0.793. The molecule has 2 heterocycles. The van der Waals surface area contributed by atoms with Gasteiger partial charge in [0, 0.05) is 45.3 Å². The SMILES string of the molecule is N#C/C(=C/N1CCC(C(=O)O)CC1)C(=O)NCCCN1CCCC1=O. The third-order valence-corrected chi connectivity index (χ3v) is 4.62. The van der Waals surface area contributed by atoms with Gasteiger partial charge in [-0.05, 0) is 25.7 Å². The van der Waals surface area contributed by atoms with Crippen molar-refractivity contribution in [3.8, 4) is 6.07 Å². The van der Waals surface area contributed by atoms with Crippen molar-refractivity contribution in [2.45, 2.75) is 32.1 Å². The van der Waals surface area contributed by atoms with Crippen LogP contribution in [0.25, 0.3) is 0 Å². The van der Waals surface area contributed by atoms with Gasteiger partial charge in [-0.3, -0.25) is 14.4 Å². The molecular weight excluding hydrogens is 324 g/mol. The average molecular weight is 348 g/mol. The first-order valence-electron chi connectivity index (χ1n) is 8.66. The molecule has 2 fully saturated rings. The van der Waals surface area contributed by atoms with E-state index < -0.39 is 11.9 Å². The van der Waals surface area contributed by atoms with E-state index in [-0.39, 0.29) is 17.4 Å². The van der Waals surface area contributed by atoms with Gasteiger partial charge in [-0.15, -0.1) is 0 Å². The van der Waals surface area contributed by atoms with Crippen LogP contribution in [0.1, 0.15) is 32.1 Å². The Morgan fingerprint density at radius 1 is 1.32 bits per heavy atom. The fourth-order valence-corrected chi connectivity index (χ4v) is 3.10. The number of nitrogens with one attached hydrogen (secondary N) is 1. The molecule has 25 heavy (non-hydrogen) atoms. The molecule has 2 saturated heterocycles. The second-order valence-corrected chi connectivity index (χ2v) is 6.40. The molecule has 0 saturated carbocycles. The quantitative estimate of drug-likeness (QED) is 0.389. The summed E-state index contributed by atoms with van der Waals surface area (Å²) in [5.74, 6) is -1.42. The van der Waals surface area contributed by atoms with E-state index in [1.165, 1.54) is 6.20 Å². The third-order valence-electron chi connectivity index (χ3n) is 4.62. The lowest BCUT2D eigenvalue weighted by Crippen LogP contribution is -2.35. The Labute approximate surface area is 147 Å². The van der Waals surface area contributed by atoms with Crippen molar-refractivity contribution in [2.75, 3.05) is 32.7 Å². The topological polar surface area (TPSA) is 114 Å². The number of piperidine rings is 1. The van der Waals surface area contributed by atoms with Crippen molar-refractivity contribution < 1.29 is 19.5 Å². The fourth-order valence-electron chi connectivity index (χ4n) is 3.10. The van der Waals surface area contributed by atoms with Crippen LogP contribution in [0.2, 0.25) is 0 Å². The summed E-state index contributed by atoms with van der Waals surface area (Å²) in [5.41, 5.74) is 0.0195. The molecule has 2 aliphatic rings. The predicted molar refractivity (Wildman–Crippen MR) is 89.1 cm³/mol. The van der Waals surface area contributed by atoms with Crippen molar-refractivity contribution in [1.29, 1.82) is 5.26 Å². The monoisotopic (exact) mass is 348 g/mol. The van der Waals surface area contributed by atoms with E-state index in [0.717, 1.165) is 13.0 Å². The molecule has 0 bridgehead atoms. The molecule has 2 amide bonds. The Morgan fingerprint density at radius 3 is 2.60 bits per heavy atom. The molecule has 2 N–H and O–H groups in total. The van der Waals surface area contributed by atoms with Crippen LogP contribution >= 0.6 is 0 Å². The highest BCUT2D eigenvalue weighted by molar-refractivity contribution is 5.97. The van der Waals surface area contributed by atoms with Gasteiger partial charge in [0.1, 0.15) is 11.6 Å². The van der Waals surface area contributed by atoms with Gasteiger partial charge < -0.3 is 20.2 Å². The van der Waals surface area contributed by atoms with Crippen LogP contribution in [0.15, 0.2) is 11.8 Å². The molecule has 2 aliphatic heterocycles. The molecule has 0 aliphatic carbocycles. The number of nitriles is 1. The molecule has 0 unspecified atom stereocenters. The molecule has 0 aromatic heterocycles. The number of hydrogen-bond acceptors (Lipinski definition) is 5. The van der Waals surface area contributed by atoms with Crippen LogP contribution in [0.3, 0.4) is 0 Å². The number of aliphatic carboxylic acids is 1. The molecule has 0 aromatic carbocycles. The highest BCUT2D eigenvalue weighted by Gasteiger charge is 2.24. The molecule has 0 atom stereocenters. The molecule has 0 aromatic rings. The Bertz CT molecular complexity index is 588. The third kappa shape index (κ3) is 5.48. The van der Waals surface area contributed by atoms with Crippen LogP contribution in [0.5, 0.6) is 0 Å². The zero-order valence-electron chi connectivity index (χ0n) is 14.2. The van der Waals surface area contributed by atoms with Crippen molar-refractivity contribution in [2.24, 2.45) is 5.92 Å². The Balaban J connectivity index is 1.74. The number of carbonyl (C=O) groups is 3. The minimum absolute atomic E-state index is 0.0195. The molecule has 8 nitrogen and oxygen atoms in total. The van der Waals surface area contributed by atoms with Crippen LogP contribution in [-0.2, 0) is 14.4 Å². The lowest BCUT2D eigenvalue weighted by Gasteiger charge is -2.29. The summed E-state index contributed by atoms with van der Waals surface area (Å²) in [4.78, 5) is 38.1. The number of amides is 2. The number of likely N-dealkylation sites (tertiary alicyclic amines) is 2. The molecular formula is C17H24N4O4. The summed E-state index contributed by atoms with van der Waals surface area (Å²) in [6, 6.07) is 1.90. The van der Waals surface area contributed by atoms with E-state index in [4.69, 9.17) is 5.11 Å². The first-order valence-corrected chi connectivity index (χ1v) is 8.66. The lowest BCUT2D eigenvalue weighted by atomic mass is 9.97. The van der Waals surface area contributed by atoms with Crippen LogP contribution < -0.4 is 5.32 Å². The Kier molecular flexibility index (Phi) is 6.81. The van der Waals surface area contributed by atoms with E-state index in [0.29, 0.717) is 51.9 Å². The number of rotatable bonds is 7. The molecule has 2 rings (SSSR count). The smallest absolute Gasteiger partial charge is 0.306 e. The minimum Gasteiger partial charge on any atom is -0.481 e. The Morgan fingerprint density at radius 2 is 2.04 bits per heavy atom. The Hall–Kier alpha value is -2.56. The normalized spacial score (nSPS) is 19.0. The highest BCUT2D eigenvalue weighted by Crippen LogP contribution is 2.18. The van der Waals surface area contributed by atoms with Crippen molar-refractivity contribution >= 4 is 17.8 Å². The van der Waals surface area contributed by atoms with Crippen LogP contribution in [0.4, 0.5) is 0 Å². The van der Waals surface area contributed by atoms with Crippen LogP contribution in [0, 0.1) is 17.2 Å². The summed E-state index contributed by atoms with van der Waals surface area (Å²) >= 11 is 0. The maximum absolute atomic E-state index is 12.1. The number of nitrogens with zero attached hydrogens (tertiary/aromatic N) is 3. The van der Waals surface area contributed by atoms with Gasteiger partial charge in [0.05, 0.1) is 5.92 Å². The first kappa shape index (κ1) is 18.8. The highest BCUT2D eigenvalue weighted by atomic mass is 16.4. The summed E-state index contributed by atoms with van der Waals surface area (Å²) in [5, 5.41) is 20.9. The lowest BCUT2D eigenvalue weighted by molar-refractivity contribution is -0.143. The number of carboxylic acids is 1. The summed E-state index contributed by atoms with van der Waals surface area (Å²) in [7, 11) is 0. The van der Waals surface area contributed by atoms with E-state index in [1.54, 1.807) is 4.90 Å². The van der Waals surface area contributed by atoms with Crippen LogP contribution in [-0.4, -0.2) is 65.4 Å². The van der Waals surface area contributed by atoms with E-state index in [9.17, 15) is 19.6 Å². The maximum atomic E-state index is 12.1. The van der Waals surface area contributed by atoms with Crippen molar-refractivity contribution in [3.63, 3.8) is 0 Å².